The topological polar surface area (TPSA) is 78.4 Å². The van der Waals surface area contributed by atoms with Gasteiger partial charge >= 0.3 is 6.03 Å². The number of likely N-dealkylation sites (tertiary alicyclic amines) is 1. The molecule has 0 atom stereocenters. The molecule has 0 saturated carbocycles. The minimum Gasteiger partial charge on any atom is -0.392 e. The van der Waals surface area contributed by atoms with Gasteiger partial charge < -0.3 is 10.0 Å². The number of hydrogen-bond donors (Lipinski definition) is 2. The first-order valence-corrected chi connectivity index (χ1v) is 8.67. The molecular weight excluding hydrogens is 324 g/mol. The first-order valence-electron chi connectivity index (χ1n) is 7.89. The maximum Gasteiger partial charge on any atom is 0.323 e. The van der Waals surface area contributed by atoms with Crippen LogP contribution in [-0.2, 0) is 6.61 Å². The molecular formula is C17H20N4O2S. The van der Waals surface area contributed by atoms with Crippen molar-refractivity contribution in [2.45, 2.75) is 26.4 Å². The number of nitrogens with zero attached hydrogens (tertiary/aromatic N) is 3. The molecule has 0 unspecified atom stereocenters. The third-order valence-corrected chi connectivity index (χ3v) is 4.69. The number of urea groups is 1. The van der Waals surface area contributed by atoms with Gasteiger partial charge in [0, 0.05) is 24.6 Å². The lowest BCUT2D eigenvalue weighted by Crippen LogP contribution is -2.39. The highest BCUT2D eigenvalue weighted by atomic mass is 32.1. The van der Waals surface area contributed by atoms with E-state index in [1.807, 2.05) is 29.2 Å². The molecule has 0 aliphatic carbocycles. The number of piperidine rings is 1. The molecule has 2 heterocycles. The molecule has 24 heavy (non-hydrogen) atoms. The first kappa shape index (κ1) is 16.6. The zero-order valence-electron chi connectivity index (χ0n) is 13.5. The van der Waals surface area contributed by atoms with Crippen LogP contribution in [0.1, 0.15) is 29.8 Å². The number of nitrogens with one attached hydrogen (secondary N) is 1. The molecule has 0 spiro atoms. The van der Waals surface area contributed by atoms with E-state index in [4.69, 9.17) is 5.11 Å². The van der Waals surface area contributed by atoms with Crippen molar-refractivity contribution in [1.82, 2.24) is 14.3 Å². The molecule has 7 heteroatoms. The van der Waals surface area contributed by atoms with E-state index in [0.29, 0.717) is 24.0 Å². The molecule has 2 amide bonds. The minimum atomic E-state index is -0.113. The fourth-order valence-corrected chi connectivity index (χ4v) is 3.18. The summed E-state index contributed by atoms with van der Waals surface area (Å²) < 4.78 is 4.06. The van der Waals surface area contributed by atoms with Crippen LogP contribution in [0.3, 0.4) is 0 Å². The Morgan fingerprint density at radius 2 is 2.04 bits per heavy atom. The summed E-state index contributed by atoms with van der Waals surface area (Å²) in [6, 6.07) is 7.76. The fourth-order valence-electron chi connectivity index (χ4n) is 2.61. The van der Waals surface area contributed by atoms with Crippen molar-refractivity contribution >= 4 is 28.8 Å². The Balaban J connectivity index is 1.54. The summed E-state index contributed by atoms with van der Waals surface area (Å²) in [5.41, 5.74) is 3.38. The smallest absolute Gasteiger partial charge is 0.323 e. The van der Waals surface area contributed by atoms with Gasteiger partial charge in [-0.1, -0.05) is 35.9 Å². The number of carbonyl (C=O) groups excluding carboxylic acids is 1. The Morgan fingerprint density at radius 1 is 1.33 bits per heavy atom. The van der Waals surface area contributed by atoms with Crippen molar-refractivity contribution in [3.63, 3.8) is 0 Å². The molecule has 1 aliphatic rings. The van der Waals surface area contributed by atoms with Gasteiger partial charge in [-0.2, -0.15) is 4.37 Å². The Kier molecular flexibility index (Phi) is 5.22. The summed E-state index contributed by atoms with van der Waals surface area (Å²) in [6.45, 7) is 3.26. The van der Waals surface area contributed by atoms with Gasteiger partial charge in [-0.05, 0) is 30.9 Å². The molecule has 1 aliphatic heterocycles. The number of aliphatic hydroxyl groups excluding tert-OH is 1. The number of aliphatic hydroxyl groups is 1. The average molecular weight is 344 g/mol. The molecule has 0 radical (unpaired) electrons. The summed E-state index contributed by atoms with van der Waals surface area (Å²) in [5.74, 6) is 0.673. The Hall–Kier alpha value is -2.25. The van der Waals surface area contributed by atoms with Gasteiger partial charge in [0.1, 0.15) is 5.82 Å². The molecule has 1 aromatic carbocycles. The maximum atomic E-state index is 12.2. The lowest BCUT2D eigenvalue weighted by atomic mass is 10.0. The molecule has 1 aromatic heterocycles. The predicted molar refractivity (Wildman–Crippen MR) is 94.8 cm³/mol. The molecule has 2 N–H and O–H groups in total. The SMILES string of the molecule is Cc1nsc(NC(=O)N2CCC(=Cc3ccc(CO)cc3)CC2)n1. The van der Waals surface area contributed by atoms with Crippen molar-refractivity contribution in [3.8, 4) is 0 Å². The van der Waals surface area contributed by atoms with E-state index >= 15 is 0 Å². The molecule has 1 fully saturated rings. The van der Waals surface area contributed by atoms with Gasteiger partial charge in [0.15, 0.2) is 0 Å². The standard InChI is InChI=1S/C17H20N4O2S/c1-12-18-16(24-20-12)19-17(23)21-8-6-14(7-9-21)10-13-2-4-15(11-22)5-3-13/h2-5,10,22H,6-9,11H2,1H3,(H,18,19,20,23). The molecule has 3 rings (SSSR count). The quantitative estimate of drug-likeness (QED) is 0.897. The third-order valence-electron chi connectivity index (χ3n) is 3.97. The van der Waals surface area contributed by atoms with Crippen LogP contribution in [0.25, 0.3) is 6.08 Å². The van der Waals surface area contributed by atoms with Crippen LogP contribution in [0.2, 0.25) is 0 Å². The highest BCUT2D eigenvalue weighted by Gasteiger charge is 2.19. The number of carbonyl (C=O) groups is 1. The zero-order chi connectivity index (χ0) is 16.9. The number of amides is 2. The molecule has 126 valence electrons. The minimum absolute atomic E-state index is 0.0645. The summed E-state index contributed by atoms with van der Waals surface area (Å²) in [5, 5.41) is 12.4. The summed E-state index contributed by atoms with van der Waals surface area (Å²) in [6.07, 6.45) is 3.90. The first-order chi connectivity index (χ1) is 11.6. The second-order valence-corrected chi connectivity index (χ2v) is 6.52. The fraction of sp³-hybridized carbons (Fsp3) is 0.353. The van der Waals surface area contributed by atoms with E-state index < -0.39 is 0 Å². The van der Waals surface area contributed by atoms with Gasteiger partial charge in [0.05, 0.1) is 6.61 Å². The van der Waals surface area contributed by atoms with E-state index in [1.165, 1.54) is 17.1 Å². The number of hydrogen-bond acceptors (Lipinski definition) is 5. The number of anilines is 1. The summed E-state index contributed by atoms with van der Waals surface area (Å²) in [4.78, 5) is 18.2. The van der Waals surface area contributed by atoms with Crippen molar-refractivity contribution in [2.24, 2.45) is 0 Å². The normalized spacial score (nSPS) is 14.6. The largest absolute Gasteiger partial charge is 0.392 e. The van der Waals surface area contributed by atoms with E-state index in [-0.39, 0.29) is 12.6 Å². The van der Waals surface area contributed by atoms with Gasteiger partial charge in [-0.15, -0.1) is 0 Å². The van der Waals surface area contributed by atoms with E-state index in [9.17, 15) is 4.79 Å². The summed E-state index contributed by atoms with van der Waals surface area (Å²) >= 11 is 1.20. The Labute approximate surface area is 145 Å². The summed E-state index contributed by atoms with van der Waals surface area (Å²) in [7, 11) is 0. The van der Waals surface area contributed by atoms with Gasteiger partial charge in [0.25, 0.3) is 0 Å². The third kappa shape index (κ3) is 4.18. The molecule has 2 aromatic rings. The van der Waals surface area contributed by atoms with Crippen LogP contribution in [-0.4, -0.2) is 38.5 Å². The number of aryl methyl sites for hydroxylation is 1. The van der Waals surface area contributed by atoms with Crippen molar-refractivity contribution in [3.05, 3.63) is 46.8 Å². The number of aromatic nitrogens is 2. The van der Waals surface area contributed by atoms with Crippen LogP contribution < -0.4 is 5.32 Å². The number of benzene rings is 1. The lowest BCUT2D eigenvalue weighted by Gasteiger charge is -2.28. The highest BCUT2D eigenvalue weighted by molar-refractivity contribution is 7.09. The second-order valence-electron chi connectivity index (χ2n) is 5.77. The van der Waals surface area contributed by atoms with Crippen LogP contribution in [0.5, 0.6) is 0 Å². The van der Waals surface area contributed by atoms with Gasteiger partial charge in [-0.3, -0.25) is 5.32 Å². The van der Waals surface area contributed by atoms with E-state index in [1.54, 1.807) is 6.92 Å². The Bertz CT molecular complexity index is 729. The van der Waals surface area contributed by atoms with Crippen LogP contribution in [0, 0.1) is 6.92 Å². The van der Waals surface area contributed by atoms with Crippen LogP contribution in [0.4, 0.5) is 9.93 Å². The second kappa shape index (κ2) is 7.55. The Morgan fingerprint density at radius 3 is 2.62 bits per heavy atom. The van der Waals surface area contributed by atoms with E-state index in [0.717, 1.165) is 24.0 Å². The zero-order valence-corrected chi connectivity index (χ0v) is 14.3. The van der Waals surface area contributed by atoms with Crippen LogP contribution in [0.15, 0.2) is 29.8 Å². The molecule has 1 saturated heterocycles. The average Bonchev–Trinajstić information content (AvgIpc) is 3.01. The molecule has 6 nitrogen and oxygen atoms in total. The predicted octanol–water partition coefficient (Wildman–Crippen LogP) is 3.05. The maximum absolute atomic E-state index is 12.2. The molecule has 0 bridgehead atoms. The van der Waals surface area contributed by atoms with Gasteiger partial charge in [-0.25, -0.2) is 9.78 Å². The highest BCUT2D eigenvalue weighted by Crippen LogP contribution is 2.21. The van der Waals surface area contributed by atoms with E-state index in [2.05, 4.69) is 20.8 Å². The monoisotopic (exact) mass is 344 g/mol. The van der Waals surface area contributed by atoms with Crippen molar-refractivity contribution in [1.29, 1.82) is 0 Å². The van der Waals surface area contributed by atoms with Gasteiger partial charge in [0.2, 0.25) is 5.13 Å². The van der Waals surface area contributed by atoms with Crippen molar-refractivity contribution in [2.75, 3.05) is 18.4 Å². The lowest BCUT2D eigenvalue weighted by molar-refractivity contribution is 0.208. The number of rotatable bonds is 3. The van der Waals surface area contributed by atoms with Crippen molar-refractivity contribution < 1.29 is 9.90 Å². The van der Waals surface area contributed by atoms with Crippen LogP contribution >= 0.6 is 11.5 Å².